The molecular formula is C18H22F2N4O3. The average molecular weight is 380 g/mol. The first kappa shape index (κ1) is 19.1. The van der Waals surface area contributed by atoms with Crippen molar-refractivity contribution in [2.45, 2.75) is 51.2 Å². The van der Waals surface area contributed by atoms with Gasteiger partial charge in [-0.05, 0) is 44.7 Å². The van der Waals surface area contributed by atoms with Crippen LogP contribution in [0.2, 0.25) is 0 Å². The van der Waals surface area contributed by atoms with Crippen molar-refractivity contribution in [1.82, 2.24) is 20.2 Å². The van der Waals surface area contributed by atoms with E-state index in [1.165, 1.54) is 0 Å². The number of aliphatic carboxylic acids is 1. The van der Waals surface area contributed by atoms with Crippen LogP contribution in [0.4, 0.5) is 13.6 Å². The number of aromatic nitrogens is 2. The zero-order valence-corrected chi connectivity index (χ0v) is 14.9. The molecule has 1 fully saturated rings. The van der Waals surface area contributed by atoms with E-state index in [9.17, 15) is 18.4 Å². The normalized spacial score (nSPS) is 21.2. The SMILES string of the molecule is CC(NC(=O)NC1CCC(C(=O)O)CC1)c1nc2ccccc2n1C(F)F. The monoisotopic (exact) mass is 380 g/mol. The summed E-state index contributed by atoms with van der Waals surface area (Å²) >= 11 is 0. The third-order valence-corrected chi connectivity index (χ3v) is 4.96. The Hall–Kier alpha value is -2.71. The molecule has 3 N–H and O–H groups in total. The third kappa shape index (κ3) is 4.17. The smallest absolute Gasteiger partial charge is 0.320 e. The molecule has 1 atom stereocenters. The van der Waals surface area contributed by atoms with Crippen LogP contribution >= 0.6 is 0 Å². The molecule has 0 radical (unpaired) electrons. The minimum absolute atomic E-state index is 0.0796. The van der Waals surface area contributed by atoms with Gasteiger partial charge in [0.2, 0.25) is 0 Å². The number of carbonyl (C=O) groups is 2. The maximum absolute atomic E-state index is 13.5. The van der Waals surface area contributed by atoms with Gasteiger partial charge in [-0.15, -0.1) is 0 Å². The largest absolute Gasteiger partial charge is 0.481 e. The molecule has 1 heterocycles. The predicted molar refractivity (Wildman–Crippen MR) is 94.5 cm³/mol. The van der Waals surface area contributed by atoms with Gasteiger partial charge in [0.1, 0.15) is 5.82 Å². The van der Waals surface area contributed by atoms with E-state index in [4.69, 9.17) is 5.11 Å². The van der Waals surface area contributed by atoms with E-state index in [1.54, 1.807) is 31.2 Å². The van der Waals surface area contributed by atoms with E-state index >= 15 is 0 Å². The van der Waals surface area contributed by atoms with Gasteiger partial charge in [-0.2, -0.15) is 8.78 Å². The lowest BCUT2D eigenvalue weighted by molar-refractivity contribution is -0.142. The van der Waals surface area contributed by atoms with E-state index in [1.807, 2.05) is 0 Å². The van der Waals surface area contributed by atoms with Gasteiger partial charge in [0.25, 0.3) is 0 Å². The van der Waals surface area contributed by atoms with Crippen LogP contribution in [0.1, 0.15) is 51.0 Å². The molecule has 146 valence electrons. The number of alkyl halides is 2. The lowest BCUT2D eigenvalue weighted by Gasteiger charge is -2.27. The van der Waals surface area contributed by atoms with Crippen molar-refractivity contribution >= 4 is 23.0 Å². The van der Waals surface area contributed by atoms with E-state index < -0.39 is 24.6 Å². The second-order valence-corrected chi connectivity index (χ2v) is 6.83. The van der Waals surface area contributed by atoms with E-state index in [0.29, 0.717) is 36.7 Å². The van der Waals surface area contributed by atoms with E-state index in [-0.39, 0.29) is 17.8 Å². The van der Waals surface area contributed by atoms with Crippen LogP contribution < -0.4 is 10.6 Å². The second kappa shape index (κ2) is 7.89. The maximum atomic E-state index is 13.5. The molecule has 9 heteroatoms. The number of nitrogens with one attached hydrogen (secondary N) is 2. The first-order valence-electron chi connectivity index (χ1n) is 8.91. The van der Waals surface area contributed by atoms with Crippen molar-refractivity contribution in [2.24, 2.45) is 5.92 Å². The molecule has 1 aromatic heterocycles. The van der Waals surface area contributed by atoms with Crippen LogP contribution in [0.15, 0.2) is 24.3 Å². The standard InChI is InChI=1S/C18H22F2N4O3/c1-10(15-23-13-4-2-3-5-14(13)24(15)17(19)20)21-18(27)22-12-8-6-11(7-9-12)16(25)26/h2-5,10-12,17H,6-9H2,1H3,(H,25,26)(H2,21,22,27). The van der Waals surface area contributed by atoms with Crippen LogP contribution in [0, 0.1) is 5.92 Å². The molecule has 0 saturated heterocycles. The van der Waals surface area contributed by atoms with Crippen molar-refractivity contribution in [3.05, 3.63) is 30.1 Å². The minimum atomic E-state index is -2.77. The highest BCUT2D eigenvalue weighted by atomic mass is 19.3. The van der Waals surface area contributed by atoms with Crippen LogP contribution in [0.25, 0.3) is 11.0 Å². The summed E-state index contributed by atoms with van der Waals surface area (Å²) in [6.07, 6.45) is 2.18. The third-order valence-electron chi connectivity index (χ3n) is 4.96. The highest BCUT2D eigenvalue weighted by Gasteiger charge is 2.28. The van der Waals surface area contributed by atoms with Gasteiger partial charge in [-0.1, -0.05) is 12.1 Å². The van der Waals surface area contributed by atoms with Gasteiger partial charge in [-0.25, -0.2) is 9.78 Å². The molecule has 2 amide bonds. The van der Waals surface area contributed by atoms with Gasteiger partial charge >= 0.3 is 18.5 Å². The van der Waals surface area contributed by atoms with Crippen LogP contribution in [-0.2, 0) is 4.79 Å². The lowest BCUT2D eigenvalue weighted by Crippen LogP contribution is -2.45. The minimum Gasteiger partial charge on any atom is -0.481 e. The number of carboxylic acid groups (broad SMARTS) is 1. The van der Waals surface area contributed by atoms with Crippen LogP contribution in [-0.4, -0.2) is 32.7 Å². The second-order valence-electron chi connectivity index (χ2n) is 6.83. The Bertz CT molecular complexity index is 831. The number of urea groups is 1. The van der Waals surface area contributed by atoms with Crippen molar-refractivity contribution in [1.29, 1.82) is 0 Å². The number of nitrogens with zero attached hydrogens (tertiary/aromatic N) is 2. The van der Waals surface area contributed by atoms with E-state index in [0.717, 1.165) is 4.57 Å². The summed E-state index contributed by atoms with van der Waals surface area (Å²) in [6, 6.07) is 5.26. The summed E-state index contributed by atoms with van der Waals surface area (Å²) in [5, 5.41) is 14.5. The maximum Gasteiger partial charge on any atom is 0.320 e. The lowest BCUT2D eigenvalue weighted by atomic mass is 9.86. The molecule has 0 aliphatic heterocycles. The van der Waals surface area contributed by atoms with Gasteiger partial charge in [0, 0.05) is 6.04 Å². The number of hydrogen-bond acceptors (Lipinski definition) is 3. The van der Waals surface area contributed by atoms with Crippen molar-refractivity contribution in [3.63, 3.8) is 0 Å². The molecule has 0 spiro atoms. The fraction of sp³-hybridized carbons (Fsp3) is 0.500. The Balaban J connectivity index is 1.64. The molecule has 1 aliphatic rings. The predicted octanol–water partition coefficient (Wildman–Crippen LogP) is 3.44. The summed E-state index contributed by atoms with van der Waals surface area (Å²) in [5.74, 6) is -1.09. The molecule has 2 aromatic rings. The molecule has 0 bridgehead atoms. The Labute approximate surface area is 154 Å². The molecule has 1 saturated carbocycles. The van der Waals surface area contributed by atoms with Crippen LogP contribution in [0.5, 0.6) is 0 Å². The molecule has 27 heavy (non-hydrogen) atoms. The van der Waals surface area contributed by atoms with Crippen molar-refractivity contribution < 1.29 is 23.5 Å². The fourth-order valence-corrected chi connectivity index (χ4v) is 3.55. The molecule has 1 unspecified atom stereocenters. The molecule has 7 nitrogen and oxygen atoms in total. The molecular weight excluding hydrogens is 358 g/mol. The van der Waals surface area contributed by atoms with Crippen LogP contribution in [0.3, 0.4) is 0 Å². The number of carboxylic acids is 1. The molecule has 1 aliphatic carbocycles. The molecule has 1 aromatic carbocycles. The number of benzene rings is 1. The molecule has 3 rings (SSSR count). The highest BCUT2D eigenvalue weighted by molar-refractivity contribution is 5.77. The Morgan fingerprint density at radius 1 is 1.22 bits per heavy atom. The van der Waals surface area contributed by atoms with Gasteiger partial charge in [-0.3, -0.25) is 9.36 Å². The van der Waals surface area contributed by atoms with E-state index in [2.05, 4.69) is 15.6 Å². The number of amides is 2. The number of fused-ring (bicyclic) bond motifs is 1. The Morgan fingerprint density at radius 2 is 1.89 bits per heavy atom. The zero-order valence-electron chi connectivity index (χ0n) is 14.9. The summed E-state index contributed by atoms with van der Waals surface area (Å²) < 4.78 is 27.8. The highest BCUT2D eigenvalue weighted by Crippen LogP contribution is 2.27. The van der Waals surface area contributed by atoms with Gasteiger partial charge in [0.15, 0.2) is 0 Å². The van der Waals surface area contributed by atoms with Crippen molar-refractivity contribution in [3.8, 4) is 0 Å². The number of halogens is 2. The number of para-hydroxylation sites is 2. The Kier molecular flexibility index (Phi) is 5.57. The topological polar surface area (TPSA) is 96.2 Å². The summed E-state index contributed by atoms with van der Waals surface area (Å²) in [6.45, 7) is -1.17. The number of carbonyl (C=O) groups excluding carboxylic acids is 1. The summed E-state index contributed by atoms with van der Waals surface area (Å²) in [7, 11) is 0. The number of hydrogen-bond donors (Lipinski definition) is 3. The fourth-order valence-electron chi connectivity index (χ4n) is 3.55. The van der Waals surface area contributed by atoms with Gasteiger partial charge < -0.3 is 15.7 Å². The van der Waals surface area contributed by atoms with Crippen molar-refractivity contribution in [2.75, 3.05) is 0 Å². The summed E-state index contributed by atoms with van der Waals surface area (Å²) in [5.41, 5.74) is 0.748. The van der Waals surface area contributed by atoms with Gasteiger partial charge in [0.05, 0.1) is 23.0 Å². The number of rotatable bonds is 5. The number of imidazole rings is 1. The Morgan fingerprint density at radius 3 is 2.52 bits per heavy atom. The first-order valence-corrected chi connectivity index (χ1v) is 8.91. The summed E-state index contributed by atoms with van der Waals surface area (Å²) in [4.78, 5) is 27.5. The average Bonchev–Trinajstić information content (AvgIpc) is 3.02. The first-order chi connectivity index (χ1) is 12.9. The quantitative estimate of drug-likeness (QED) is 0.740. The zero-order chi connectivity index (χ0) is 19.6.